The summed E-state index contributed by atoms with van der Waals surface area (Å²) >= 11 is 0. The Balaban J connectivity index is -0.000000313. The van der Waals surface area contributed by atoms with E-state index in [4.69, 9.17) is 0 Å². The summed E-state index contributed by atoms with van der Waals surface area (Å²) in [6, 6.07) is 8.50. The van der Waals surface area contributed by atoms with Crippen molar-refractivity contribution in [3.05, 3.63) is 66.8 Å². The summed E-state index contributed by atoms with van der Waals surface area (Å²) in [5, 5.41) is 0. The maximum atomic E-state index is 3.67. The maximum absolute atomic E-state index is 3.67. The summed E-state index contributed by atoms with van der Waals surface area (Å²) in [7, 11) is 0. The van der Waals surface area contributed by atoms with Crippen molar-refractivity contribution in [2.45, 2.75) is 48.5 Å². The lowest BCUT2D eigenvalue weighted by Gasteiger charge is -2.00. The topological polar surface area (TPSA) is 0 Å². The Hall–Kier alpha value is -1.56. The van der Waals surface area contributed by atoms with E-state index < -0.39 is 0 Å². The highest BCUT2D eigenvalue weighted by Crippen LogP contribution is 2.13. The Kier molecular flexibility index (Phi) is 22.4. The number of hydrogen-bond acceptors (Lipinski definition) is 0. The molecule has 0 amide bonds. The third-order valence-corrected chi connectivity index (χ3v) is 1.87. The summed E-state index contributed by atoms with van der Waals surface area (Å²) in [4.78, 5) is 0. The molecule has 0 unspecified atom stereocenters. The van der Waals surface area contributed by atoms with Crippen molar-refractivity contribution < 1.29 is 0 Å². The van der Waals surface area contributed by atoms with Crippen LogP contribution in [0.2, 0.25) is 0 Å². The quantitative estimate of drug-likeness (QED) is 0.404. The van der Waals surface area contributed by atoms with Gasteiger partial charge in [-0.25, -0.2) is 0 Å². The normalized spacial score (nSPS) is 8.47. The van der Waals surface area contributed by atoms with Gasteiger partial charge in [-0.05, 0) is 31.9 Å². The smallest absolute Gasteiger partial charge is 0.0227 e. The first-order chi connectivity index (χ1) is 9.15. The lowest BCUT2D eigenvalue weighted by atomic mass is 10.1. The van der Waals surface area contributed by atoms with Gasteiger partial charge in [0.05, 0.1) is 0 Å². The van der Waals surface area contributed by atoms with Crippen LogP contribution in [0.25, 0.3) is 5.57 Å². The van der Waals surface area contributed by atoms with E-state index >= 15 is 0 Å². The van der Waals surface area contributed by atoms with Gasteiger partial charge in [0.25, 0.3) is 0 Å². The molecule has 0 fully saturated rings. The zero-order chi connectivity index (χ0) is 15.7. The third-order valence-electron chi connectivity index (χ3n) is 1.87. The van der Waals surface area contributed by atoms with Crippen LogP contribution < -0.4 is 0 Å². The maximum Gasteiger partial charge on any atom is -0.0227 e. The van der Waals surface area contributed by atoms with Gasteiger partial charge in [-0.15, -0.1) is 6.58 Å². The van der Waals surface area contributed by atoms with Crippen molar-refractivity contribution in [1.29, 1.82) is 0 Å². The molecule has 0 aliphatic carbocycles. The molecule has 0 atom stereocenters. The molecule has 0 aromatic heterocycles. The molecule has 1 rings (SSSR count). The van der Waals surface area contributed by atoms with Gasteiger partial charge in [0.1, 0.15) is 0 Å². The molecule has 0 radical (unpaired) electrons. The molecule has 0 spiro atoms. The number of benzene rings is 1. The zero-order valence-corrected chi connectivity index (χ0v) is 14.0. The predicted molar refractivity (Wildman–Crippen MR) is 93.6 cm³/mol. The molecular formula is C19H32. The van der Waals surface area contributed by atoms with E-state index in [0.29, 0.717) is 0 Å². The van der Waals surface area contributed by atoms with Crippen molar-refractivity contribution in [3.63, 3.8) is 0 Å². The minimum atomic E-state index is 1.25. The van der Waals surface area contributed by atoms with Crippen LogP contribution in [0.1, 0.15) is 52.7 Å². The van der Waals surface area contributed by atoms with Gasteiger partial charge in [0.2, 0.25) is 0 Å². The highest BCUT2D eigenvalue weighted by atomic mass is 14.0. The molecular weight excluding hydrogens is 228 g/mol. The standard InChI is InChI=1S/C12H14.C3H6.2C2H6/c1-4-5-11(3)12-8-6-10(2)7-9-12;1-3-2;2*1-2/h4-9H,1H2,2-3H3;3H,1H2,2H3;2*1-2H3/b11-5+;;;. The monoisotopic (exact) mass is 260 g/mol. The van der Waals surface area contributed by atoms with E-state index in [-0.39, 0.29) is 0 Å². The Morgan fingerprint density at radius 2 is 1.32 bits per heavy atom. The van der Waals surface area contributed by atoms with Crippen LogP contribution in [0, 0.1) is 6.92 Å². The van der Waals surface area contributed by atoms with Gasteiger partial charge in [0.15, 0.2) is 0 Å². The lowest BCUT2D eigenvalue weighted by Crippen LogP contribution is -1.78. The van der Waals surface area contributed by atoms with Crippen LogP contribution in [0.15, 0.2) is 55.7 Å². The fraction of sp³-hybridized carbons (Fsp3) is 0.368. The molecule has 0 bridgehead atoms. The average molecular weight is 260 g/mol. The molecule has 108 valence electrons. The van der Waals surface area contributed by atoms with E-state index in [0.717, 1.165) is 0 Å². The van der Waals surface area contributed by atoms with Crippen LogP contribution >= 0.6 is 0 Å². The van der Waals surface area contributed by atoms with Crippen molar-refractivity contribution in [2.75, 3.05) is 0 Å². The van der Waals surface area contributed by atoms with Crippen LogP contribution in [-0.4, -0.2) is 0 Å². The predicted octanol–water partition coefficient (Wildman–Crippen LogP) is 6.83. The second-order valence-electron chi connectivity index (χ2n) is 3.36. The average Bonchev–Trinajstić information content (AvgIpc) is 2.45. The third kappa shape index (κ3) is 14.4. The van der Waals surface area contributed by atoms with Crippen LogP contribution in [0.3, 0.4) is 0 Å². The first-order valence-electron chi connectivity index (χ1n) is 7.09. The van der Waals surface area contributed by atoms with Crippen LogP contribution in [-0.2, 0) is 0 Å². The minimum absolute atomic E-state index is 1.25. The van der Waals surface area contributed by atoms with Crippen molar-refractivity contribution in [2.24, 2.45) is 0 Å². The highest BCUT2D eigenvalue weighted by Gasteiger charge is 1.92. The molecule has 1 aromatic rings. The second-order valence-corrected chi connectivity index (χ2v) is 3.36. The van der Waals surface area contributed by atoms with Gasteiger partial charge in [-0.1, -0.05) is 82.3 Å². The Morgan fingerprint density at radius 3 is 1.63 bits per heavy atom. The van der Waals surface area contributed by atoms with Gasteiger partial charge < -0.3 is 0 Å². The molecule has 0 heteroatoms. The highest BCUT2D eigenvalue weighted by molar-refractivity contribution is 5.65. The molecule has 0 aliphatic rings. The first-order valence-corrected chi connectivity index (χ1v) is 7.09. The van der Waals surface area contributed by atoms with Gasteiger partial charge in [-0.2, -0.15) is 0 Å². The molecule has 0 nitrogen and oxygen atoms in total. The van der Waals surface area contributed by atoms with E-state index in [1.165, 1.54) is 16.7 Å². The van der Waals surface area contributed by atoms with E-state index in [9.17, 15) is 0 Å². The summed E-state index contributed by atoms with van der Waals surface area (Å²) in [6.45, 7) is 21.1. The molecule has 1 aromatic carbocycles. The summed E-state index contributed by atoms with van der Waals surface area (Å²) in [5.74, 6) is 0. The number of aryl methyl sites for hydroxylation is 1. The Bertz CT molecular complexity index is 326. The molecule has 19 heavy (non-hydrogen) atoms. The number of allylic oxidation sites excluding steroid dienone is 4. The largest absolute Gasteiger partial charge is 0.103 e. The van der Waals surface area contributed by atoms with E-state index in [2.05, 4.69) is 51.3 Å². The summed E-state index contributed by atoms with van der Waals surface area (Å²) in [6.07, 6.45) is 5.58. The zero-order valence-electron chi connectivity index (χ0n) is 14.0. The SMILES string of the molecule is C=C/C=C(\C)c1ccc(C)cc1.C=CC.CC.CC. The van der Waals surface area contributed by atoms with Crippen molar-refractivity contribution in [3.8, 4) is 0 Å². The number of hydrogen-bond donors (Lipinski definition) is 0. The fourth-order valence-corrected chi connectivity index (χ4v) is 1.09. The van der Waals surface area contributed by atoms with Crippen molar-refractivity contribution in [1.82, 2.24) is 0 Å². The Labute approximate surface area is 121 Å². The number of rotatable bonds is 2. The van der Waals surface area contributed by atoms with E-state index in [1.807, 2.05) is 46.8 Å². The van der Waals surface area contributed by atoms with Crippen LogP contribution in [0.5, 0.6) is 0 Å². The lowest BCUT2D eigenvalue weighted by molar-refractivity contribution is 1.44. The Morgan fingerprint density at radius 1 is 0.947 bits per heavy atom. The molecule has 0 saturated carbocycles. The molecule has 0 N–H and O–H groups in total. The van der Waals surface area contributed by atoms with Crippen molar-refractivity contribution >= 4 is 5.57 Å². The molecule has 0 saturated heterocycles. The van der Waals surface area contributed by atoms with E-state index in [1.54, 1.807) is 6.08 Å². The molecule has 0 heterocycles. The fourth-order valence-electron chi connectivity index (χ4n) is 1.09. The van der Waals surface area contributed by atoms with Gasteiger partial charge in [-0.3, -0.25) is 0 Å². The first kappa shape index (κ1) is 22.6. The van der Waals surface area contributed by atoms with Gasteiger partial charge >= 0.3 is 0 Å². The molecule has 0 aliphatic heterocycles. The second kappa shape index (κ2) is 18.8. The van der Waals surface area contributed by atoms with Gasteiger partial charge in [0, 0.05) is 0 Å². The summed E-state index contributed by atoms with van der Waals surface area (Å²) < 4.78 is 0. The minimum Gasteiger partial charge on any atom is -0.103 e. The summed E-state index contributed by atoms with van der Waals surface area (Å²) in [5.41, 5.74) is 3.82. The van der Waals surface area contributed by atoms with Crippen LogP contribution in [0.4, 0.5) is 0 Å².